The maximum atomic E-state index is 12.4. The smallest absolute Gasteiger partial charge is 0.289 e. The highest BCUT2D eigenvalue weighted by Crippen LogP contribution is 2.27. The molecule has 21 heavy (non-hydrogen) atoms. The summed E-state index contributed by atoms with van der Waals surface area (Å²) in [6.07, 6.45) is 1.34. The van der Waals surface area contributed by atoms with Gasteiger partial charge in [0, 0.05) is 23.7 Å². The lowest BCUT2D eigenvalue weighted by Gasteiger charge is -2.17. The van der Waals surface area contributed by atoms with Gasteiger partial charge >= 0.3 is 0 Å². The summed E-state index contributed by atoms with van der Waals surface area (Å²) in [4.78, 5) is 9.91. The molecular formula is C12H17BrN2O5S. The second-order valence-corrected chi connectivity index (χ2v) is 7.03. The molecule has 0 radical (unpaired) electrons. The van der Waals surface area contributed by atoms with Gasteiger partial charge in [-0.15, -0.1) is 0 Å². The van der Waals surface area contributed by atoms with Crippen molar-refractivity contribution < 1.29 is 18.1 Å². The van der Waals surface area contributed by atoms with Crippen LogP contribution in [0.2, 0.25) is 0 Å². The lowest BCUT2D eigenvalue weighted by molar-refractivity contribution is -0.387. The highest BCUT2D eigenvalue weighted by Gasteiger charge is 2.28. The van der Waals surface area contributed by atoms with E-state index in [2.05, 4.69) is 20.7 Å². The van der Waals surface area contributed by atoms with Gasteiger partial charge in [0.25, 0.3) is 5.69 Å². The molecule has 0 amide bonds. The average molecular weight is 381 g/mol. The molecular weight excluding hydrogens is 364 g/mol. The average Bonchev–Trinajstić information content (AvgIpc) is 2.38. The van der Waals surface area contributed by atoms with Crippen LogP contribution in [0, 0.1) is 10.1 Å². The number of nitrogens with zero attached hydrogens (tertiary/aromatic N) is 1. The molecule has 1 unspecified atom stereocenters. The van der Waals surface area contributed by atoms with Gasteiger partial charge in [-0.25, -0.2) is 13.1 Å². The molecule has 118 valence electrons. The Balaban J connectivity index is 3.17. The Labute approximate surface area is 132 Å². The zero-order valence-corrected chi connectivity index (χ0v) is 14.1. The van der Waals surface area contributed by atoms with E-state index in [4.69, 9.17) is 4.74 Å². The van der Waals surface area contributed by atoms with Crippen LogP contribution in [-0.2, 0) is 14.8 Å². The third-order valence-corrected chi connectivity index (χ3v) is 4.78. The first kappa shape index (κ1) is 18.0. The van der Waals surface area contributed by atoms with E-state index in [0.717, 1.165) is 12.5 Å². The molecule has 9 heteroatoms. The third-order valence-electron chi connectivity index (χ3n) is 2.73. The summed E-state index contributed by atoms with van der Waals surface area (Å²) in [5.41, 5.74) is -0.460. The molecule has 0 saturated carbocycles. The molecule has 0 heterocycles. The van der Waals surface area contributed by atoms with Crippen LogP contribution in [0.4, 0.5) is 5.69 Å². The summed E-state index contributed by atoms with van der Waals surface area (Å²) in [5, 5.41) is 11.0. The molecule has 0 spiro atoms. The van der Waals surface area contributed by atoms with E-state index < -0.39 is 26.7 Å². The minimum absolute atomic E-state index is 0.203. The SMILES string of the molecule is CCCC(COC)NS(=O)(=O)c1cc(Br)ccc1[N+](=O)[O-]. The molecule has 7 nitrogen and oxygen atoms in total. The maximum absolute atomic E-state index is 12.4. The number of nitro groups is 1. The van der Waals surface area contributed by atoms with Gasteiger partial charge in [-0.1, -0.05) is 29.3 Å². The molecule has 0 aliphatic heterocycles. The first-order valence-electron chi connectivity index (χ1n) is 6.27. The van der Waals surface area contributed by atoms with E-state index in [9.17, 15) is 18.5 Å². The summed E-state index contributed by atoms with van der Waals surface area (Å²) in [6.45, 7) is 2.12. The molecule has 1 aromatic rings. The van der Waals surface area contributed by atoms with Gasteiger partial charge in [-0.3, -0.25) is 10.1 Å². The molecule has 0 fully saturated rings. The highest BCUT2D eigenvalue weighted by atomic mass is 79.9. The minimum Gasteiger partial charge on any atom is -0.383 e. The van der Waals surface area contributed by atoms with Crippen molar-refractivity contribution in [2.75, 3.05) is 13.7 Å². The first-order valence-corrected chi connectivity index (χ1v) is 8.54. The Kier molecular flexibility index (Phi) is 6.72. The van der Waals surface area contributed by atoms with E-state index in [1.807, 2.05) is 6.92 Å². The number of benzene rings is 1. The Morgan fingerprint density at radius 2 is 2.14 bits per heavy atom. The van der Waals surface area contributed by atoms with E-state index in [1.165, 1.54) is 19.2 Å². The zero-order chi connectivity index (χ0) is 16.0. The topological polar surface area (TPSA) is 98.5 Å². The molecule has 0 aliphatic rings. The van der Waals surface area contributed by atoms with Crippen molar-refractivity contribution in [3.05, 3.63) is 32.8 Å². The molecule has 0 aliphatic carbocycles. The highest BCUT2D eigenvalue weighted by molar-refractivity contribution is 9.10. The number of halogens is 1. The number of hydrogen-bond acceptors (Lipinski definition) is 5. The Morgan fingerprint density at radius 3 is 2.67 bits per heavy atom. The van der Waals surface area contributed by atoms with E-state index in [0.29, 0.717) is 10.9 Å². The number of nitrogens with one attached hydrogen (secondary N) is 1. The van der Waals surface area contributed by atoms with Crippen LogP contribution in [0.5, 0.6) is 0 Å². The predicted molar refractivity (Wildman–Crippen MR) is 81.7 cm³/mol. The van der Waals surface area contributed by atoms with Crippen molar-refractivity contribution in [2.24, 2.45) is 0 Å². The van der Waals surface area contributed by atoms with Crippen LogP contribution in [0.25, 0.3) is 0 Å². The predicted octanol–water partition coefficient (Wildman–Crippen LogP) is 2.45. The van der Waals surface area contributed by atoms with Crippen LogP contribution in [0.3, 0.4) is 0 Å². The Hall–Kier alpha value is -1.03. The number of sulfonamides is 1. The fourth-order valence-corrected chi connectivity index (χ4v) is 3.83. The molecule has 0 bridgehead atoms. The van der Waals surface area contributed by atoms with Gasteiger partial charge in [0.1, 0.15) is 0 Å². The van der Waals surface area contributed by atoms with E-state index >= 15 is 0 Å². The van der Waals surface area contributed by atoms with Crippen molar-refractivity contribution in [1.29, 1.82) is 0 Å². The van der Waals surface area contributed by atoms with Gasteiger partial charge in [-0.05, 0) is 18.6 Å². The van der Waals surface area contributed by atoms with Gasteiger partial charge < -0.3 is 4.74 Å². The third kappa shape index (κ3) is 5.03. The summed E-state index contributed by atoms with van der Waals surface area (Å²) < 4.78 is 32.6. The van der Waals surface area contributed by atoms with Crippen molar-refractivity contribution in [1.82, 2.24) is 4.72 Å². The van der Waals surface area contributed by atoms with E-state index in [1.54, 1.807) is 0 Å². The molecule has 0 aromatic heterocycles. The fraction of sp³-hybridized carbons (Fsp3) is 0.500. The van der Waals surface area contributed by atoms with Gasteiger partial charge in [0.15, 0.2) is 4.90 Å². The van der Waals surface area contributed by atoms with E-state index in [-0.39, 0.29) is 11.5 Å². The van der Waals surface area contributed by atoms with Crippen molar-refractivity contribution in [3.8, 4) is 0 Å². The number of ether oxygens (including phenoxy) is 1. The molecule has 1 atom stereocenters. The second-order valence-electron chi connectivity index (χ2n) is 4.43. The largest absolute Gasteiger partial charge is 0.383 e. The van der Waals surface area contributed by atoms with Crippen molar-refractivity contribution >= 4 is 31.6 Å². The monoisotopic (exact) mass is 380 g/mol. The normalized spacial score (nSPS) is 13.1. The molecule has 1 rings (SSSR count). The van der Waals surface area contributed by atoms with Crippen molar-refractivity contribution in [2.45, 2.75) is 30.7 Å². The number of rotatable bonds is 8. The van der Waals surface area contributed by atoms with Crippen LogP contribution in [-0.4, -0.2) is 33.1 Å². The fourth-order valence-electron chi connectivity index (χ4n) is 1.86. The first-order chi connectivity index (χ1) is 9.81. The number of nitro benzene ring substituents is 1. The summed E-state index contributed by atoms with van der Waals surface area (Å²) >= 11 is 3.13. The van der Waals surface area contributed by atoms with Gasteiger partial charge in [0.05, 0.1) is 11.5 Å². The minimum atomic E-state index is -4.00. The van der Waals surface area contributed by atoms with Crippen LogP contribution in [0.1, 0.15) is 19.8 Å². The summed E-state index contributed by atoms with van der Waals surface area (Å²) in [5.74, 6) is 0. The van der Waals surface area contributed by atoms with Crippen LogP contribution in [0.15, 0.2) is 27.6 Å². The molecule has 1 aromatic carbocycles. The van der Waals surface area contributed by atoms with Crippen molar-refractivity contribution in [3.63, 3.8) is 0 Å². The maximum Gasteiger partial charge on any atom is 0.289 e. The lowest BCUT2D eigenvalue weighted by Crippen LogP contribution is -2.38. The second kappa shape index (κ2) is 7.83. The quantitative estimate of drug-likeness (QED) is 0.551. The lowest BCUT2D eigenvalue weighted by atomic mass is 10.2. The summed E-state index contributed by atoms with van der Waals surface area (Å²) in [6, 6.07) is 3.37. The summed E-state index contributed by atoms with van der Waals surface area (Å²) in [7, 11) is -2.53. The standard InChI is InChI=1S/C12H17BrN2O5S/c1-3-4-10(8-20-2)14-21(18,19)12-7-9(13)5-6-11(12)15(16)17/h5-7,10,14H,3-4,8H2,1-2H3. The van der Waals surface area contributed by atoms with Gasteiger partial charge in [0.2, 0.25) is 10.0 Å². The zero-order valence-electron chi connectivity index (χ0n) is 11.7. The molecule has 1 N–H and O–H groups in total. The number of hydrogen-bond donors (Lipinski definition) is 1. The Bertz CT molecular complexity index is 600. The van der Waals surface area contributed by atoms with Gasteiger partial charge in [-0.2, -0.15) is 0 Å². The van der Waals surface area contributed by atoms with Crippen LogP contribution >= 0.6 is 15.9 Å². The number of methoxy groups -OCH3 is 1. The Morgan fingerprint density at radius 1 is 1.48 bits per heavy atom. The molecule has 0 saturated heterocycles. The van der Waals surface area contributed by atoms with Crippen LogP contribution < -0.4 is 4.72 Å².